The van der Waals surface area contributed by atoms with Gasteiger partial charge in [-0.2, -0.15) is 13.2 Å². The third-order valence-electron chi connectivity index (χ3n) is 5.73. The molecule has 1 aromatic rings. The predicted octanol–water partition coefficient (Wildman–Crippen LogP) is 8.41. The Hall–Kier alpha value is -1.53. The maximum absolute atomic E-state index is 10.4. The number of aliphatic imine (C=N–C) groups is 1. The molecule has 0 saturated carbocycles. The minimum absolute atomic E-state index is 0.188. The molecule has 0 aliphatic carbocycles. The normalized spacial score (nSPS) is 15.5. The fourth-order valence-electron chi connectivity index (χ4n) is 3.33. The largest absolute Gasteiger partial charge is 0.386 e. The second-order valence-electron chi connectivity index (χ2n) is 8.81. The number of aryl methyl sites for hydroxylation is 2. The first-order chi connectivity index (χ1) is 16.9. The zero-order chi connectivity index (χ0) is 28.1. The molecule has 3 nitrogen and oxygen atoms in total. The van der Waals surface area contributed by atoms with E-state index >= 15 is 0 Å². The van der Waals surface area contributed by atoms with Crippen LogP contribution in [-0.4, -0.2) is 67.5 Å². The summed E-state index contributed by atoms with van der Waals surface area (Å²) in [4.78, 5) is 9.27. The van der Waals surface area contributed by atoms with Crippen LogP contribution in [0.25, 0.3) is 0 Å². The Morgan fingerprint density at radius 2 is 1.58 bits per heavy atom. The highest BCUT2D eigenvalue weighted by atomic mass is 35.5. The molecule has 0 radical (unpaired) electrons. The molecule has 0 bridgehead atoms. The van der Waals surface area contributed by atoms with Crippen molar-refractivity contribution in [2.75, 3.05) is 45.7 Å². The zero-order valence-electron chi connectivity index (χ0n) is 24.2. The molecule has 1 aliphatic rings. The average Bonchev–Trinajstić information content (AvgIpc) is 2.85. The number of halogens is 4. The van der Waals surface area contributed by atoms with E-state index in [4.69, 9.17) is 11.6 Å². The van der Waals surface area contributed by atoms with Gasteiger partial charge in [-0.05, 0) is 44.2 Å². The summed E-state index contributed by atoms with van der Waals surface area (Å²) in [7, 11) is 1.89. The van der Waals surface area contributed by atoms with Crippen LogP contribution in [0.1, 0.15) is 72.4 Å². The lowest BCUT2D eigenvalue weighted by molar-refractivity contribution is -0.110. The molecule has 1 heterocycles. The topological polar surface area (TPSA) is 18.8 Å². The molecule has 1 unspecified atom stereocenters. The van der Waals surface area contributed by atoms with Crippen molar-refractivity contribution < 1.29 is 13.2 Å². The van der Waals surface area contributed by atoms with E-state index in [0.29, 0.717) is 5.92 Å². The molecular weight excluding hydrogens is 483 g/mol. The molecule has 7 heteroatoms. The Balaban J connectivity index is 0. The monoisotopic (exact) mass is 533 g/mol. The summed E-state index contributed by atoms with van der Waals surface area (Å²) in [5.41, 5.74) is 4.22. The van der Waals surface area contributed by atoms with Crippen molar-refractivity contribution in [1.29, 1.82) is 0 Å². The summed E-state index contributed by atoms with van der Waals surface area (Å²) in [6, 6.07) is 8.76. The van der Waals surface area contributed by atoms with Gasteiger partial charge in [0.1, 0.15) is 5.84 Å². The van der Waals surface area contributed by atoms with Gasteiger partial charge >= 0.3 is 6.18 Å². The van der Waals surface area contributed by atoms with E-state index < -0.39 is 6.18 Å². The standard InChI is InChI=1S/C15H28ClN3.C10H14.C2H3F3.C2H6/c1-5-13(2)14(3)12-15(17-4)19-10-8-18(7-6-16)9-11-19;1-3-4-10-7-5-9(2)6-8-10;1-2(3,4)5;1-2/h12-13H,5-11H2,1-4H3;5-8H,3-4H2,1-2H3;1H3;1-2H3/b14-12-,17-15?;;;. The summed E-state index contributed by atoms with van der Waals surface area (Å²) in [6.07, 6.45) is 1.89. The number of benzene rings is 1. The molecule has 0 amide bonds. The minimum atomic E-state index is -4.00. The SMILES string of the molecule is CC.CC(F)(F)F.CCC(C)/C(C)=C\C(=NC)N1CCN(CCCl)CC1.CCCc1ccc(C)cc1. The van der Waals surface area contributed by atoms with Crippen molar-refractivity contribution in [2.24, 2.45) is 10.9 Å². The van der Waals surface area contributed by atoms with Crippen LogP contribution < -0.4 is 0 Å². The first-order valence-corrected chi connectivity index (χ1v) is 13.8. The molecule has 1 saturated heterocycles. The number of hydrogen-bond donors (Lipinski definition) is 0. The fourth-order valence-corrected chi connectivity index (χ4v) is 3.57. The summed E-state index contributed by atoms with van der Waals surface area (Å²) in [5.74, 6) is 2.49. The lowest BCUT2D eigenvalue weighted by Crippen LogP contribution is -2.48. The minimum Gasteiger partial charge on any atom is -0.354 e. The van der Waals surface area contributed by atoms with Crippen molar-refractivity contribution >= 4 is 17.4 Å². The van der Waals surface area contributed by atoms with Gasteiger partial charge in [0, 0.05) is 52.6 Å². The van der Waals surface area contributed by atoms with Crippen LogP contribution in [0.4, 0.5) is 13.2 Å². The van der Waals surface area contributed by atoms with Crippen molar-refractivity contribution in [3.63, 3.8) is 0 Å². The first kappa shape index (κ1) is 36.6. The molecule has 0 aromatic heterocycles. The van der Waals surface area contributed by atoms with Gasteiger partial charge in [0.2, 0.25) is 0 Å². The Morgan fingerprint density at radius 1 is 1.08 bits per heavy atom. The molecule has 2 rings (SSSR count). The molecule has 1 fully saturated rings. The summed E-state index contributed by atoms with van der Waals surface area (Å²) in [5, 5.41) is 0. The second kappa shape index (κ2) is 21.5. The van der Waals surface area contributed by atoms with Crippen LogP contribution in [0.3, 0.4) is 0 Å². The third-order valence-corrected chi connectivity index (χ3v) is 5.90. The number of piperazine rings is 1. The van der Waals surface area contributed by atoms with E-state index in [1.54, 1.807) is 0 Å². The molecule has 0 N–H and O–H groups in total. The smallest absolute Gasteiger partial charge is 0.354 e. The van der Waals surface area contributed by atoms with E-state index in [0.717, 1.165) is 44.4 Å². The van der Waals surface area contributed by atoms with Gasteiger partial charge < -0.3 is 4.90 Å². The second-order valence-corrected chi connectivity index (χ2v) is 9.19. The van der Waals surface area contributed by atoms with Crippen LogP contribution in [-0.2, 0) is 6.42 Å². The quantitative estimate of drug-likeness (QED) is 0.199. The highest BCUT2D eigenvalue weighted by Crippen LogP contribution is 2.15. The molecule has 1 atom stereocenters. The highest BCUT2D eigenvalue weighted by Gasteiger charge is 2.18. The van der Waals surface area contributed by atoms with Crippen molar-refractivity contribution in [3.8, 4) is 0 Å². The van der Waals surface area contributed by atoms with Crippen molar-refractivity contribution in [1.82, 2.24) is 9.80 Å². The van der Waals surface area contributed by atoms with Gasteiger partial charge in [-0.15, -0.1) is 11.6 Å². The molecule has 1 aromatic carbocycles. The maximum atomic E-state index is 10.4. The highest BCUT2D eigenvalue weighted by molar-refractivity contribution is 6.18. The van der Waals surface area contributed by atoms with Gasteiger partial charge in [0.05, 0.1) is 0 Å². The van der Waals surface area contributed by atoms with Crippen LogP contribution in [0.5, 0.6) is 0 Å². The lowest BCUT2D eigenvalue weighted by Gasteiger charge is -2.35. The number of allylic oxidation sites excluding steroid dienone is 1. The van der Waals surface area contributed by atoms with Gasteiger partial charge in [-0.1, -0.05) is 76.4 Å². The summed E-state index contributed by atoms with van der Waals surface area (Å²) in [6.45, 7) is 20.5. The number of hydrogen-bond acceptors (Lipinski definition) is 2. The van der Waals surface area contributed by atoms with Crippen molar-refractivity contribution in [3.05, 3.63) is 47.0 Å². The number of alkyl halides is 4. The van der Waals surface area contributed by atoms with Crippen LogP contribution in [0, 0.1) is 12.8 Å². The molecular formula is C29H51ClF3N3. The molecule has 0 spiro atoms. The van der Waals surface area contributed by atoms with Crippen LogP contribution in [0.15, 0.2) is 40.9 Å². The molecule has 36 heavy (non-hydrogen) atoms. The Labute approximate surface area is 224 Å². The van der Waals surface area contributed by atoms with E-state index in [2.05, 4.69) is 79.8 Å². The number of rotatable bonds is 7. The van der Waals surface area contributed by atoms with E-state index in [1.807, 2.05) is 20.9 Å². The molecule has 210 valence electrons. The van der Waals surface area contributed by atoms with E-state index in [-0.39, 0.29) is 6.92 Å². The van der Waals surface area contributed by atoms with Crippen LogP contribution >= 0.6 is 11.6 Å². The lowest BCUT2D eigenvalue weighted by atomic mass is 9.99. The first-order valence-electron chi connectivity index (χ1n) is 13.3. The Kier molecular flexibility index (Phi) is 21.9. The van der Waals surface area contributed by atoms with Gasteiger partial charge in [-0.25, -0.2) is 0 Å². The number of nitrogens with zero attached hydrogens (tertiary/aromatic N) is 3. The predicted molar refractivity (Wildman–Crippen MR) is 154 cm³/mol. The van der Waals surface area contributed by atoms with Gasteiger partial charge in [0.25, 0.3) is 0 Å². The average molecular weight is 534 g/mol. The zero-order valence-corrected chi connectivity index (χ0v) is 24.9. The van der Waals surface area contributed by atoms with E-state index in [9.17, 15) is 13.2 Å². The third kappa shape index (κ3) is 19.6. The van der Waals surface area contributed by atoms with Crippen molar-refractivity contribution in [2.45, 2.75) is 80.8 Å². The molecule has 1 aliphatic heterocycles. The maximum Gasteiger partial charge on any atom is 0.386 e. The van der Waals surface area contributed by atoms with Gasteiger partial charge in [-0.3, -0.25) is 9.89 Å². The van der Waals surface area contributed by atoms with E-state index in [1.165, 1.54) is 36.0 Å². The van der Waals surface area contributed by atoms with Crippen LogP contribution in [0.2, 0.25) is 0 Å². The fraction of sp³-hybridized carbons (Fsp3) is 0.690. The summed E-state index contributed by atoms with van der Waals surface area (Å²) < 4.78 is 31.1. The number of amidine groups is 1. The Morgan fingerprint density at radius 3 is 1.97 bits per heavy atom. The summed E-state index contributed by atoms with van der Waals surface area (Å²) >= 11 is 5.79. The Bertz CT molecular complexity index is 701. The van der Waals surface area contributed by atoms with Gasteiger partial charge in [0.15, 0.2) is 0 Å².